The molecule has 1 fully saturated rings. The molecule has 1 aliphatic heterocycles. The summed E-state index contributed by atoms with van der Waals surface area (Å²) in [5.41, 5.74) is 4.40. The zero-order valence-electron chi connectivity index (χ0n) is 17.8. The second-order valence-electron chi connectivity index (χ2n) is 7.90. The normalized spacial score (nSPS) is 14.2. The van der Waals surface area contributed by atoms with Gasteiger partial charge in [0.15, 0.2) is 5.65 Å². The minimum atomic E-state index is 0.0413. The summed E-state index contributed by atoms with van der Waals surface area (Å²) in [4.78, 5) is 26.2. The van der Waals surface area contributed by atoms with Crippen LogP contribution >= 0.6 is 11.6 Å². The molecule has 4 aromatic rings. The van der Waals surface area contributed by atoms with Gasteiger partial charge in [0.25, 0.3) is 0 Å². The average Bonchev–Trinajstić information content (AvgIpc) is 3.20. The lowest BCUT2D eigenvalue weighted by Crippen LogP contribution is -2.49. The summed E-state index contributed by atoms with van der Waals surface area (Å²) in [5.74, 6) is 0.0413. The quantitative estimate of drug-likeness (QED) is 0.477. The Kier molecular flexibility index (Phi) is 5.49. The summed E-state index contributed by atoms with van der Waals surface area (Å²) in [5, 5.41) is 6.36. The molecule has 162 valence electrons. The number of benzene rings is 1. The fourth-order valence-electron chi connectivity index (χ4n) is 4.08. The lowest BCUT2D eigenvalue weighted by atomic mass is 10.2. The van der Waals surface area contributed by atoms with Crippen molar-refractivity contribution in [3.8, 4) is 11.4 Å². The highest BCUT2D eigenvalue weighted by Gasteiger charge is 2.23. The summed E-state index contributed by atoms with van der Waals surface area (Å²) in [6, 6.07) is 15.6. The number of anilines is 1. The Morgan fingerprint density at radius 3 is 2.56 bits per heavy atom. The number of piperazine rings is 1. The van der Waals surface area contributed by atoms with Crippen LogP contribution in [0.25, 0.3) is 22.4 Å². The topological polar surface area (TPSA) is 67.2 Å². The van der Waals surface area contributed by atoms with Gasteiger partial charge in [0.1, 0.15) is 12.2 Å². The molecule has 0 aliphatic carbocycles. The summed E-state index contributed by atoms with van der Waals surface area (Å²) in [6.45, 7) is 5.06. The highest BCUT2D eigenvalue weighted by atomic mass is 35.5. The van der Waals surface area contributed by atoms with Crippen LogP contribution in [0.15, 0.2) is 60.9 Å². The first-order valence-electron chi connectivity index (χ1n) is 10.6. The molecule has 5 rings (SSSR count). The van der Waals surface area contributed by atoms with Gasteiger partial charge in [-0.2, -0.15) is 5.10 Å². The molecule has 32 heavy (non-hydrogen) atoms. The van der Waals surface area contributed by atoms with E-state index in [2.05, 4.69) is 20.9 Å². The van der Waals surface area contributed by atoms with Crippen LogP contribution in [0.1, 0.15) is 5.56 Å². The predicted molar refractivity (Wildman–Crippen MR) is 126 cm³/mol. The maximum absolute atomic E-state index is 13.1. The van der Waals surface area contributed by atoms with Crippen molar-refractivity contribution in [2.75, 3.05) is 31.1 Å². The van der Waals surface area contributed by atoms with Gasteiger partial charge in [-0.3, -0.25) is 9.78 Å². The third kappa shape index (κ3) is 3.91. The van der Waals surface area contributed by atoms with Crippen molar-refractivity contribution in [3.05, 3.63) is 71.5 Å². The van der Waals surface area contributed by atoms with Crippen LogP contribution in [-0.2, 0) is 11.3 Å². The Morgan fingerprint density at radius 1 is 1.00 bits per heavy atom. The van der Waals surface area contributed by atoms with Gasteiger partial charge in [-0.25, -0.2) is 9.67 Å². The highest BCUT2D eigenvalue weighted by molar-refractivity contribution is 6.31. The van der Waals surface area contributed by atoms with E-state index in [1.807, 2.05) is 54.3 Å². The summed E-state index contributed by atoms with van der Waals surface area (Å²) >= 11 is 6.15. The smallest absolute Gasteiger partial charge is 0.244 e. The Morgan fingerprint density at radius 2 is 1.81 bits per heavy atom. The fraction of sp³-hybridized carbons (Fsp3) is 0.250. The molecule has 0 unspecified atom stereocenters. The molecule has 0 radical (unpaired) electrons. The molecule has 0 N–H and O–H groups in total. The van der Waals surface area contributed by atoms with Crippen LogP contribution < -0.4 is 4.90 Å². The number of rotatable bonds is 4. The molecule has 0 bridgehead atoms. The molecular weight excluding hydrogens is 424 g/mol. The number of carbonyl (C=O) groups excluding carboxylic acids is 1. The standard InChI is InChI=1S/C24H23ClN6O/c1-17-15-18(7-8-20(17)25)29-11-13-30(14-12-29)22(32)16-31-24-19(5-4-10-27-24)23(28-31)21-6-2-3-9-26-21/h2-10,15H,11-14,16H2,1H3. The van der Waals surface area contributed by atoms with Gasteiger partial charge in [-0.15, -0.1) is 0 Å². The van der Waals surface area contributed by atoms with Crippen LogP contribution in [0.4, 0.5) is 5.69 Å². The van der Waals surface area contributed by atoms with E-state index in [1.165, 1.54) is 0 Å². The second kappa shape index (κ2) is 8.59. The molecule has 0 atom stereocenters. The van der Waals surface area contributed by atoms with Crippen molar-refractivity contribution in [2.45, 2.75) is 13.5 Å². The molecule has 1 saturated heterocycles. The van der Waals surface area contributed by atoms with E-state index in [9.17, 15) is 4.79 Å². The SMILES string of the molecule is Cc1cc(N2CCN(C(=O)Cn3nc(-c4ccccn4)c4cccnc43)CC2)ccc1Cl. The van der Waals surface area contributed by atoms with Gasteiger partial charge in [-0.05, 0) is 55.0 Å². The molecule has 7 nitrogen and oxygen atoms in total. The largest absolute Gasteiger partial charge is 0.368 e. The number of hydrogen-bond acceptors (Lipinski definition) is 5. The van der Waals surface area contributed by atoms with Crippen LogP contribution in [-0.4, -0.2) is 56.7 Å². The number of halogens is 1. The van der Waals surface area contributed by atoms with E-state index < -0.39 is 0 Å². The molecule has 1 aromatic carbocycles. The van der Waals surface area contributed by atoms with Gasteiger partial charge in [0, 0.05) is 54.7 Å². The minimum Gasteiger partial charge on any atom is -0.368 e. The molecule has 0 spiro atoms. The Hall–Kier alpha value is -3.45. The Labute approximate surface area is 191 Å². The number of nitrogens with zero attached hydrogens (tertiary/aromatic N) is 6. The van der Waals surface area contributed by atoms with Crippen LogP contribution in [0.5, 0.6) is 0 Å². The van der Waals surface area contributed by atoms with Gasteiger partial charge in [-0.1, -0.05) is 17.7 Å². The first kappa shape index (κ1) is 20.5. The van der Waals surface area contributed by atoms with Crippen LogP contribution in [0.2, 0.25) is 5.02 Å². The van der Waals surface area contributed by atoms with Crippen molar-refractivity contribution in [2.24, 2.45) is 0 Å². The number of fused-ring (bicyclic) bond motifs is 1. The third-order valence-electron chi connectivity index (χ3n) is 5.84. The van der Waals surface area contributed by atoms with Crippen molar-refractivity contribution < 1.29 is 4.79 Å². The monoisotopic (exact) mass is 446 g/mol. The lowest BCUT2D eigenvalue weighted by Gasteiger charge is -2.36. The Bertz CT molecular complexity index is 1260. The maximum atomic E-state index is 13.1. The molecule has 8 heteroatoms. The molecule has 4 heterocycles. The fourth-order valence-corrected chi connectivity index (χ4v) is 4.20. The van der Waals surface area contributed by atoms with Crippen LogP contribution in [0.3, 0.4) is 0 Å². The zero-order valence-corrected chi connectivity index (χ0v) is 18.5. The van der Waals surface area contributed by atoms with Crippen molar-refractivity contribution in [1.82, 2.24) is 24.6 Å². The minimum absolute atomic E-state index is 0.0413. The molecule has 1 amide bonds. The van der Waals surface area contributed by atoms with Crippen molar-refractivity contribution in [1.29, 1.82) is 0 Å². The van der Waals surface area contributed by atoms with E-state index in [-0.39, 0.29) is 12.5 Å². The first-order chi connectivity index (χ1) is 15.6. The van der Waals surface area contributed by atoms with Crippen LogP contribution in [0, 0.1) is 6.92 Å². The molecule has 0 saturated carbocycles. The molecular formula is C24H23ClN6O. The predicted octanol–water partition coefficient (Wildman–Crippen LogP) is 3.80. The molecule has 1 aliphatic rings. The number of aromatic nitrogens is 4. The van der Waals surface area contributed by atoms with Gasteiger partial charge in [0.05, 0.1) is 5.69 Å². The van der Waals surface area contributed by atoms with E-state index >= 15 is 0 Å². The zero-order chi connectivity index (χ0) is 22.1. The third-order valence-corrected chi connectivity index (χ3v) is 6.26. The van der Waals surface area contributed by atoms with Crippen molar-refractivity contribution in [3.63, 3.8) is 0 Å². The number of hydrogen-bond donors (Lipinski definition) is 0. The number of pyridine rings is 2. The van der Waals surface area contributed by atoms with E-state index in [4.69, 9.17) is 16.7 Å². The Balaban J connectivity index is 1.31. The number of aryl methyl sites for hydroxylation is 1. The summed E-state index contributed by atoms with van der Waals surface area (Å²) in [7, 11) is 0. The average molecular weight is 447 g/mol. The highest BCUT2D eigenvalue weighted by Crippen LogP contribution is 2.26. The van der Waals surface area contributed by atoms with Gasteiger partial charge >= 0.3 is 0 Å². The van der Waals surface area contributed by atoms with Gasteiger partial charge in [0.2, 0.25) is 5.91 Å². The second-order valence-corrected chi connectivity index (χ2v) is 8.30. The summed E-state index contributed by atoms with van der Waals surface area (Å²) < 4.78 is 1.69. The van der Waals surface area contributed by atoms with E-state index in [1.54, 1.807) is 17.1 Å². The van der Waals surface area contributed by atoms with Gasteiger partial charge < -0.3 is 9.80 Å². The van der Waals surface area contributed by atoms with E-state index in [0.717, 1.165) is 46.1 Å². The molecule has 3 aromatic heterocycles. The van der Waals surface area contributed by atoms with E-state index in [0.29, 0.717) is 18.7 Å². The number of amides is 1. The van der Waals surface area contributed by atoms with Crippen molar-refractivity contribution >= 4 is 34.2 Å². The number of carbonyl (C=O) groups is 1. The maximum Gasteiger partial charge on any atom is 0.244 e. The first-order valence-corrected chi connectivity index (χ1v) is 11.0. The lowest BCUT2D eigenvalue weighted by molar-refractivity contribution is -0.132. The summed E-state index contributed by atoms with van der Waals surface area (Å²) in [6.07, 6.45) is 3.46.